The van der Waals surface area contributed by atoms with Crippen molar-refractivity contribution < 1.29 is 18.9 Å². The molecule has 0 bridgehead atoms. The molecular formula is C13H18N2O4S. The highest BCUT2D eigenvalue weighted by Crippen LogP contribution is 2.03. The smallest absolute Gasteiger partial charge is 0.326 e. The number of carbonyl (C=O) groups excluding carboxylic acids is 1. The van der Waals surface area contributed by atoms with Gasteiger partial charge in [0, 0.05) is 35.8 Å². The van der Waals surface area contributed by atoms with Gasteiger partial charge < -0.3 is 15.7 Å². The second-order valence-electron chi connectivity index (χ2n) is 4.26. The molecule has 2 atom stereocenters. The Balaban J connectivity index is 2.49. The molecule has 1 aromatic rings. The number of hydrogen-bond acceptors (Lipinski definition) is 3. The van der Waals surface area contributed by atoms with Crippen LogP contribution in [0.5, 0.6) is 0 Å². The van der Waals surface area contributed by atoms with Crippen LogP contribution < -0.4 is 10.6 Å². The predicted molar refractivity (Wildman–Crippen MR) is 77.0 cm³/mol. The molecule has 0 saturated heterocycles. The maximum Gasteiger partial charge on any atom is 0.326 e. The van der Waals surface area contributed by atoms with Gasteiger partial charge in [0.15, 0.2) is 0 Å². The summed E-state index contributed by atoms with van der Waals surface area (Å²) in [5.74, 6) is -0.757. The van der Waals surface area contributed by atoms with Crippen LogP contribution in [0, 0.1) is 0 Å². The molecule has 0 aromatic heterocycles. The second kappa shape index (κ2) is 8.31. The van der Waals surface area contributed by atoms with E-state index in [1.807, 2.05) is 18.2 Å². The van der Waals surface area contributed by atoms with Crippen molar-refractivity contribution in [3.8, 4) is 0 Å². The maximum absolute atomic E-state index is 11.5. The van der Waals surface area contributed by atoms with Gasteiger partial charge in [-0.15, -0.1) is 0 Å². The van der Waals surface area contributed by atoms with Crippen molar-refractivity contribution in [2.75, 3.05) is 18.6 Å². The third kappa shape index (κ3) is 6.33. The normalized spacial score (nSPS) is 13.2. The van der Waals surface area contributed by atoms with Crippen LogP contribution in [0.3, 0.4) is 0 Å². The Labute approximate surface area is 120 Å². The van der Waals surface area contributed by atoms with Crippen LogP contribution in [-0.4, -0.2) is 45.9 Å². The molecule has 1 rings (SSSR count). The number of hydrogen-bond donors (Lipinski definition) is 3. The van der Waals surface area contributed by atoms with Crippen LogP contribution in [0.15, 0.2) is 30.3 Å². The largest absolute Gasteiger partial charge is 0.480 e. The van der Waals surface area contributed by atoms with Gasteiger partial charge in [-0.05, 0) is 5.56 Å². The van der Waals surface area contributed by atoms with Gasteiger partial charge in [0.25, 0.3) is 0 Å². The molecule has 1 aromatic carbocycles. The predicted octanol–water partition coefficient (Wildman–Crippen LogP) is 0.360. The Morgan fingerprint density at radius 2 is 1.95 bits per heavy atom. The van der Waals surface area contributed by atoms with Crippen LogP contribution in [0.1, 0.15) is 5.56 Å². The molecule has 110 valence electrons. The summed E-state index contributed by atoms with van der Waals surface area (Å²) in [6, 6.07) is 7.49. The highest BCUT2D eigenvalue weighted by molar-refractivity contribution is 7.84. The van der Waals surface area contributed by atoms with Crippen LogP contribution in [-0.2, 0) is 22.0 Å². The van der Waals surface area contributed by atoms with Crippen molar-refractivity contribution in [2.24, 2.45) is 0 Å². The van der Waals surface area contributed by atoms with Crippen molar-refractivity contribution in [2.45, 2.75) is 12.5 Å². The molecule has 0 spiro atoms. The number of urea groups is 1. The number of aliphatic carboxylic acids is 1. The lowest BCUT2D eigenvalue weighted by molar-refractivity contribution is -0.139. The molecule has 0 aliphatic rings. The average molecular weight is 298 g/mol. The summed E-state index contributed by atoms with van der Waals surface area (Å²) in [5.41, 5.74) is 0.829. The Morgan fingerprint density at radius 1 is 1.30 bits per heavy atom. The van der Waals surface area contributed by atoms with Crippen LogP contribution >= 0.6 is 0 Å². The van der Waals surface area contributed by atoms with E-state index in [4.69, 9.17) is 5.11 Å². The minimum Gasteiger partial charge on any atom is -0.480 e. The summed E-state index contributed by atoms with van der Waals surface area (Å²) >= 11 is 0. The minimum absolute atomic E-state index is 0.212. The van der Waals surface area contributed by atoms with E-state index in [1.165, 1.54) is 6.26 Å². The van der Waals surface area contributed by atoms with E-state index < -0.39 is 28.8 Å². The molecule has 0 heterocycles. The van der Waals surface area contributed by atoms with Crippen molar-refractivity contribution in [3.05, 3.63) is 35.9 Å². The van der Waals surface area contributed by atoms with Gasteiger partial charge in [-0.25, -0.2) is 9.59 Å². The first-order valence-corrected chi connectivity index (χ1v) is 7.83. The molecule has 0 fully saturated rings. The molecule has 2 unspecified atom stereocenters. The first kappa shape index (κ1) is 16.2. The molecular weight excluding hydrogens is 280 g/mol. The van der Waals surface area contributed by atoms with E-state index in [9.17, 15) is 13.8 Å². The lowest BCUT2D eigenvalue weighted by Gasteiger charge is -2.15. The minimum atomic E-state index is -1.09. The van der Waals surface area contributed by atoms with Gasteiger partial charge in [0.2, 0.25) is 0 Å². The monoisotopic (exact) mass is 298 g/mol. The molecule has 0 aliphatic heterocycles. The summed E-state index contributed by atoms with van der Waals surface area (Å²) in [5, 5.41) is 14.0. The fraction of sp³-hybridized carbons (Fsp3) is 0.385. The third-order valence-electron chi connectivity index (χ3n) is 2.56. The van der Waals surface area contributed by atoms with Gasteiger partial charge >= 0.3 is 12.0 Å². The van der Waals surface area contributed by atoms with Crippen LogP contribution in [0.2, 0.25) is 0 Å². The summed E-state index contributed by atoms with van der Waals surface area (Å²) in [6.07, 6.45) is 1.75. The molecule has 2 amide bonds. The summed E-state index contributed by atoms with van der Waals surface area (Å²) in [6.45, 7) is 0.243. The van der Waals surface area contributed by atoms with E-state index in [0.717, 1.165) is 5.56 Å². The molecule has 7 heteroatoms. The standard InChI is InChI=1S/C13H18N2O4S/c1-20(19)8-7-14-13(18)15-11(12(16)17)9-10-5-3-2-4-6-10/h2-6,11H,7-9H2,1H3,(H,16,17)(H2,14,15,18). The first-order chi connectivity index (χ1) is 9.49. The van der Waals surface area contributed by atoms with E-state index in [2.05, 4.69) is 10.6 Å². The zero-order valence-electron chi connectivity index (χ0n) is 11.2. The maximum atomic E-state index is 11.5. The number of carboxylic acid groups (broad SMARTS) is 1. The summed E-state index contributed by atoms with van der Waals surface area (Å²) in [4.78, 5) is 22.7. The zero-order valence-corrected chi connectivity index (χ0v) is 12.0. The van der Waals surface area contributed by atoms with Gasteiger partial charge in [0.05, 0.1) is 0 Å². The van der Waals surface area contributed by atoms with Gasteiger partial charge in [-0.3, -0.25) is 4.21 Å². The molecule has 20 heavy (non-hydrogen) atoms. The van der Waals surface area contributed by atoms with E-state index in [0.29, 0.717) is 5.75 Å². The van der Waals surface area contributed by atoms with Gasteiger partial charge in [-0.1, -0.05) is 30.3 Å². The number of nitrogens with one attached hydrogen (secondary N) is 2. The van der Waals surface area contributed by atoms with Crippen molar-refractivity contribution >= 4 is 22.8 Å². The SMILES string of the molecule is CS(=O)CCNC(=O)NC(Cc1ccccc1)C(=O)O. The molecule has 6 nitrogen and oxygen atoms in total. The lowest BCUT2D eigenvalue weighted by atomic mass is 10.1. The highest BCUT2D eigenvalue weighted by Gasteiger charge is 2.20. The zero-order chi connectivity index (χ0) is 15.0. The van der Waals surface area contributed by atoms with Crippen molar-refractivity contribution in [1.29, 1.82) is 0 Å². The Hall–Kier alpha value is -1.89. The average Bonchev–Trinajstić information content (AvgIpc) is 2.38. The fourth-order valence-electron chi connectivity index (χ4n) is 1.57. The number of rotatable bonds is 7. The Morgan fingerprint density at radius 3 is 2.50 bits per heavy atom. The fourth-order valence-corrected chi connectivity index (χ4v) is 1.96. The van der Waals surface area contributed by atoms with E-state index >= 15 is 0 Å². The molecule has 0 saturated carbocycles. The number of carbonyl (C=O) groups is 2. The molecule has 0 radical (unpaired) electrons. The number of carboxylic acids is 1. The third-order valence-corrected chi connectivity index (χ3v) is 3.34. The molecule has 0 aliphatic carbocycles. The van der Waals surface area contributed by atoms with Gasteiger partial charge in [-0.2, -0.15) is 0 Å². The van der Waals surface area contributed by atoms with Crippen molar-refractivity contribution in [1.82, 2.24) is 10.6 Å². The Bertz CT molecular complexity index is 479. The van der Waals surface area contributed by atoms with Gasteiger partial charge in [0.1, 0.15) is 6.04 Å². The second-order valence-corrected chi connectivity index (χ2v) is 5.81. The summed E-state index contributed by atoms with van der Waals surface area (Å²) in [7, 11) is -0.994. The Kier molecular flexibility index (Phi) is 6.72. The summed E-state index contributed by atoms with van der Waals surface area (Å²) < 4.78 is 10.8. The first-order valence-electron chi connectivity index (χ1n) is 6.10. The van der Waals surface area contributed by atoms with Crippen LogP contribution in [0.25, 0.3) is 0 Å². The topological polar surface area (TPSA) is 95.5 Å². The highest BCUT2D eigenvalue weighted by atomic mass is 32.2. The molecule has 3 N–H and O–H groups in total. The lowest BCUT2D eigenvalue weighted by Crippen LogP contribution is -2.47. The number of benzene rings is 1. The quantitative estimate of drug-likeness (QED) is 0.677. The van der Waals surface area contributed by atoms with Crippen LogP contribution in [0.4, 0.5) is 4.79 Å². The van der Waals surface area contributed by atoms with E-state index in [-0.39, 0.29) is 13.0 Å². The van der Waals surface area contributed by atoms with E-state index in [1.54, 1.807) is 12.1 Å². The number of amides is 2. The van der Waals surface area contributed by atoms with Crippen molar-refractivity contribution in [3.63, 3.8) is 0 Å².